The smallest absolute Gasteiger partial charge is 0.254 e. The first-order valence-electron chi connectivity index (χ1n) is 6.75. The Bertz CT molecular complexity index is 526. The van der Waals surface area contributed by atoms with Crippen LogP contribution < -0.4 is 5.32 Å². The molecule has 0 unspecified atom stereocenters. The molecule has 20 heavy (non-hydrogen) atoms. The number of fused-ring (bicyclic) bond motifs is 1. The van der Waals surface area contributed by atoms with Crippen molar-refractivity contribution >= 4 is 17.5 Å². The van der Waals surface area contributed by atoms with Crippen molar-refractivity contribution in [2.24, 2.45) is 0 Å². The second kappa shape index (κ2) is 6.05. The first-order valence-corrected chi connectivity index (χ1v) is 6.75. The number of methoxy groups -OCH3 is 1. The highest BCUT2D eigenvalue weighted by Gasteiger charge is 2.22. The minimum absolute atomic E-state index is 0.0234. The Balaban J connectivity index is 2.19. The number of nitrogens with zero attached hydrogens (tertiary/aromatic N) is 1. The molecule has 0 aliphatic carbocycles. The van der Waals surface area contributed by atoms with E-state index in [1.165, 1.54) is 0 Å². The molecule has 0 radical (unpaired) electrons. The molecule has 1 N–H and O–H groups in total. The highest BCUT2D eigenvalue weighted by Crippen LogP contribution is 2.24. The van der Waals surface area contributed by atoms with E-state index in [2.05, 4.69) is 5.32 Å². The van der Waals surface area contributed by atoms with Crippen molar-refractivity contribution in [1.82, 2.24) is 4.90 Å². The van der Waals surface area contributed by atoms with Crippen LogP contribution in [0.3, 0.4) is 0 Å². The van der Waals surface area contributed by atoms with Crippen LogP contribution in [0.1, 0.15) is 29.8 Å². The maximum atomic E-state index is 12.5. The number of amides is 2. The lowest BCUT2D eigenvalue weighted by Gasteiger charge is -2.26. The van der Waals surface area contributed by atoms with Crippen LogP contribution in [-0.2, 0) is 16.0 Å². The summed E-state index contributed by atoms with van der Waals surface area (Å²) in [7, 11) is 1.62. The quantitative estimate of drug-likeness (QED) is 0.890. The van der Waals surface area contributed by atoms with Gasteiger partial charge in [0.2, 0.25) is 5.91 Å². The van der Waals surface area contributed by atoms with Crippen molar-refractivity contribution < 1.29 is 14.3 Å². The van der Waals surface area contributed by atoms with Crippen LogP contribution in [0.4, 0.5) is 5.69 Å². The summed E-state index contributed by atoms with van der Waals surface area (Å²) in [4.78, 5) is 25.6. The second-order valence-corrected chi connectivity index (χ2v) is 5.18. The molecular weight excluding hydrogens is 256 g/mol. The average molecular weight is 276 g/mol. The molecule has 5 nitrogen and oxygen atoms in total. The van der Waals surface area contributed by atoms with E-state index in [1.54, 1.807) is 24.1 Å². The Labute approximate surface area is 118 Å². The van der Waals surface area contributed by atoms with Gasteiger partial charge in [-0.25, -0.2) is 0 Å². The fourth-order valence-electron chi connectivity index (χ4n) is 2.30. The van der Waals surface area contributed by atoms with Crippen molar-refractivity contribution in [3.8, 4) is 0 Å². The van der Waals surface area contributed by atoms with Gasteiger partial charge in [-0.2, -0.15) is 0 Å². The Morgan fingerprint density at radius 1 is 1.45 bits per heavy atom. The van der Waals surface area contributed by atoms with Gasteiger partial charge in [0.1, 0.15) is 0 Å². The highest BCUT2D eigenvalue weighted by atomic mass is 16.5. The topological polar surface area (TPSA) is 58.6 Å². The van der Waals surface area contributed by atoms with Crippen LogP contribution in [-0.4, -0.2) is 43.0 Å². The van der Waals surface area contributed by atoms with Gasteiger partial charge >= 0.3 is 0 Å². The van der Waals surface area contributed by atoms with E-state index in [4.69, 9.17) is 4.74 Å². The fraction of sp³-hybridized carbons (Fsp3) is 0.467. The number of hydrogen-bond donors (Lipinski definition) is 1. The van der Waals surface area contributed by atoms with Gasteiger partial charge in [0.05, 0.1) is 13.0 Å². The van der Waals surface area contributed by atoms with Gasteiger partial charge in [-0.15, -0.1) is 0 Å². The van der Waals surface area contributed by atoms with Gasteiger partial charge < -0.3 is 15.0 Å². The average Bonchev–Trinajstić information content (AvgIpc) is 2.77. The number of carbonyl (C=O) groups is 2. The van der Waals surface area contributed by atoms with Gasteiger partial charge in [-0.3, -0.25) is 9.59 Å². The van der Waals surface area contributed by atoms with E-state index in [0.717, 1.165) is 11.3 Å². The van der Waals surface area contributed by atoms with Crippen LogP contribution in [0.25, 0.3) is 0 Å². The standard InChI is InChI=1S/C15H20N2O3/c1-10(2)17(6-7-20-3)15(19)12-5-4-11-9-14(18)16-13(11)8-12/h4-5,8,10H,6-7,9H2,1-3H3,(H,16,18). The first-order chi connectivity index (χ1) is 9.52. The van der Waals surface area contributed by atoms with Crippen molar-refractivity contribution in [2.45, 2.75) is 26.3 Å². The SMILES string of the molecule is COCCN(C(=O)c1ccc2c(c1)NC(=O)C2)C(C)C. The summed E-state index contributed by atoms with van der Waals surface area (Å²) in [5, 5.41) is 2.77. The van der Waals surface area contributed by atoms with Gasteiger partial charge in [0.15, 0.2) is 0 Å². The van der Waals surface area contributed by atoms with Gasteiger partial charge in [-0.05, 0) is 31.5 Å². The van der Waals surface area contributed by atoms with Crippen molar-refractivity contribution in [2.75, 3.05) is 25.6 Å². The molecular formula is C15H20N2O3. The third kappa shape index (κ3) is 2.99. The zero-order chi connectivity index (χ0) is 14.7. The molecule has 2 rings (SSSR count). The number of carbonyl (C=O) groups excluding carboxylic acids is 2. The van der Waals surface area contributed by atoms with Crippen molar-refractivity contribution in [3.05, 3.63) is 29.3 Å². The van der Waals surface area contributed by atoms with E-state index in [-0.39, 0.29) is 17.9 Å². The Hall–Kier alpha value is -1.88. The summed E-state index contributed by atoms with van der Waals surface area (Å²) >= 11 is 0. The maximum Gasteiger partial charge on any atom is 0.254 e. The van der Waals surface area contributed by atoms with Crippen molar-refractivity contribution in [1.29, 1.82) is 0 Å². The minimum atomic E-state index is -0.0407. The Morgan fingerprint density at radius 3 is 2.85 bits per heavy atom. The van der Waals surface area contributed by atoms with E-state index in [0.29, 0.717) is 25.1 Å². The molecule has 1 aliphatic rings. The minimum Gasteiger partial charge on any atom is -0.383 e. The molecule has 0 saturated heterocycles. The summed E-state index contributed by atoms with van der Waals surface area (Å²) in [6, 6.07) is 5.48. The normalized spacial score (nSPS) is 13.3. The van der Waals surface area contributed by atoms with Crippen LogP contribution in [0, 0.1) is 0 Å². The molecule has 0 bridgehead atoms. The molecule has 1 aromatic carbocycles. The fourth-order valence-corrected chi connectivity index (χ4v) is 2.30. The van der Waals surface area contributed by atoms with Gasteiger partial charge in [0.25, 0.3) is 5.91 Å². The molecule has 2 amide bonds. The predicted molar refractivity (Wildman–Crippen MR) is 76.8 cm³/mol. The molecule has 0 saturated carbocycles. The largest absolute Gasteiger partial charge is 0.383 e. The summed E-state index contributed by atoms with van der Waals surface area (Å²) < 4.78 is 5.05. The van der Waals surface area contributed by atoms with E-state index in [1.807, 2.05) is 19.9 Å². The van der Waals surface area contributed by atoms with E-state index >= 15 is 0 Å². The lowest BCUT2D eigenvalue weighted by molar-refractivity contribution is -0.115. The van der Waals surface area contributed by atoms with E-state index in [9.17, 15) is 9.59 Å². The molecule has 0 fully saturated rings. The van der Waals surface area contributed by atoms with E-state index < -0.39 is 0 Å². The summed E-state index contributed by atoms with van der Waals surface area (Å²) in [5.41, 5.74) is 2.28. The third-order valence-electron chi connectivity index (χ3n) is 3.40. The monoisotopic (exact) mass is 276 g/mol. The Kier molecular flexibility index (Phi) is 4.39. The number of benzene rings is 1. The summed E-state index contributed by atoms with van der Waals surface area (Å²) in [6.07, 6.45) is 0.390. The molecule has 108 valence electrons. The lowest BCUT2D eigenvalue weighted by atomic mass is 10.1. The number of ether oxygens (including phenoxy) is 1. The molecule has 1 heterocycles. The third-order valence-corrected chi connectivity index (χ3v) is 3.40. The highest BCUT2D eigenvalue weighted by molar-refractivity contribution is 6.02. The zero-order valence-electron chi connectivity index (χ0n) is 12.1. The number of nitrogens with one attached hydrogen (secondary N) is 1. The first kappa shape index (κ1) is 14.5. The summed E-state index contributed by atoms with van der Waals surface area (Å²) in [5.74, 6) is -0.0642. The number of anilines is 1. The van der Waals surface area contributed by atoms with Crippen molar-refractivity contribution in [3.63, 3.8) is 0 Å². The molecule has 0 aromatic heterocycles. The van der Waals surface area contributed by atoms with Crippen LogP contribution >= 0.6 is 0 Å². The Morgan fingerprint density at radius 2 is 2.20 bits per heavy atom. The number of rotatable bonds is 5. The molecule has 0 spiro atoms. The second-order valence-electron chi connectivity index (χ2n) is 5.18. The molecule has 1 aliphatic heterocycles. The molecule has 5 heteroatoms. The summed E-state index contributed by atoms with van der Waals surface area (Å²) in [6.45, 7) is 5.01. The van der Waals surface area contributed by atoms with Crippen LogP contribution in [0.15, 0.2) is 18.2 Å². The molecule has 0 atom stereocenters. The van der Waals surface area contributed by atoms with Gasteiger partial charge in [0, 0.05) is 30.9 Å². The molecule has 1 aromatic rings. The maximum absolute atomic E-state index is 12.5. The number of hydrogen-bond acceptors (Lipinski definition) is 3. The van der Waals surface area contributed by atoms with Gasteiger partial charge in [-0.1, -0.05) is 6.07 Å². The van der Waals surface area contributed by atoms with Crippen LogP contribution in [0.5, 0.6) is 0 Å². The predicted octanol–water partition coefficient (Wildman–Crippen LogP) is 1.68. The van der Waals surface area contributed by atoms with Crippen LogP contribution in [0.2, 0.25) is 0 Å². The lowest BCUT2D eigenvalue weighted by Crippen LogP contribution is -2.39. The zero-order valence-corrected chi connectivity index (χ0v) is 12.1.